The molecule has 2 aliphatic carbocycles. The van der Waals surface area contributed by atoms with Crippen molar-refractivity contribution in [1.29, 1.82) is 5.26 Å². The topological polar surface area (TPSA) is 80.1 Å². The summed E-state index contributed by atoms with van der Waals surface area (Å²) in [5, 5.41) is 23.9. The van der Waals surface area contributed by atoms with Crippen LogP contribution in [0.25, 0.3) is 16.1 Å². The number of ether oxygens (including phenoxy) is 2. The van der Waals surface area contributed by atoms with Crippen LogP contribution in [0.2, 0.25) is 0 Å². The molecule has 0 spiro atoms. The summed E-state index contributed by atoms with van der Waals surface area (Å²) in [4.78, 5) is 0. The molecule has 1 aromatic heterocycles. The summed E-state index contributed by atoms with van der Waals surface area (Å²) < 4.78 is 10.9. The van der Waals surface area contributed by atoms with Crippen LogP contribution in [0, 0.1) is 11.3 Å². The fourth-order valence-electron chi connectivity index (χ4n) is 4.14. The Balaban J connectivity index is 1.61. The number of hydrogen-bond donors (Lipinski definition) is 1. The van der Waals surface area contributed by atoms with Crippen molar-refractivity contribution >= 4 is 16.9 Å². The minimum absolute atomic E-state index is 0.0120. The van der Waals surface area contributed by atoms with Crippen molar-refractivity contribution in [3.63, 3.8) is 0 Å². The van der Waals surface area contributed by atoms with Gasteiger partial charge >= 0.3 is 0 Å². The molecule has 1 atom stereocenters. The highest BCUT2D eigenvalue weighted by Gasteiger charge is 2.29. The molecule has 32 heavy (non-hydrogen) atoms. The lowest BCUT2D eigenvalue weighted by Gasteiger charge is -2.15. The summed E-state index contributed by atoms with van der Waals surface area (Å²) in [5.74, 6) is 0.598. The predicted octanol–water partition coefficient (Wildman–Crippen LogP) is 4.90. The number of methoxy groups -OCH3 is 1. The van der Waals surface area contributed by atoms with Gasteiger partial charge in [0, 0.05) is 30.8 Å². The summed E-state index contributed by atoms with van der Waals surface area (Å²) in [5.41, 5.74) is 5.28. The lowest BCUT2D eigenvalue weighted by Crippen LogP contribution is -2.30. The molecule has 4 rings (SSSR count). The Morgan fingerprint density at radius 3 is 2.91 bits per heavy atom. The molecule has 1 fully saturated rings. The van der Waals surface area contributed by atoms with Gasteiger partial charge in [0.2, 0.25) is 0 Å². The lowest BCUT2D eigenvalue weighted by molar-refractivity contribution is 0.197. The molecule has 2 aliphatic rings. The van der Waals surface area contributed by atoms with Gasteiger partial charge < -0.3 is 14.8 Å². The van der Waals surface area contributed by atoms with E-state index in [1.54, 1.807) is 18.4 Å². The minimum atomic E-state index is 0.0120. The van der Waals surface area contributed by atoms with Crippen LogP contribution in [-0.2, 0) is 4.74 Å². The van der Waals surface area contributed by atoms with Crippen molar-refractivity contribution in [3.05, 3.63) is 58.1 Å². The molecule has 1 N–H and O–H groups in total. The third kappa shape index (κ3) is 4.83. The molecule has 6 nitrogen and oxygen atoms in total. The summed E-state index contributed by atoms with van der Waals surface area (Å²) in [6.45, 7) is 5.45. The third-order valence-electron chi connectivity index (χ3n) is 5.55. The van der Waals surface area contributed by atoms with Gasteiger partial charge in [-0.2, -0.15) is 5.26 Å². The van der Waals surface area contributed by atoms with Gasteiger partial charge in [0.05, 0.1) is 18.3 Å². The van der Waals surface area contributed by atoms with Crippen LogP contribution in [0.5, 0.6) is 5.75 Å². The number of benzene rings is 1. The third-order valence-corrected chi connectivity index (χ3v) is 6.56. The van der Waals surface area contributed by atoms with Gasteiger partial charge in [-0.3, -0.25) is 0 Å². The SMILES string of the molecule is COCCNC1CCC2=C(c3nnc(-c4ccc(OC(C)C)c(C#N)c4)s3)C=CCC=C21. The van der Waals surface area contributed by atoms with E-state index >= 15 is 0 Å². The van der Waals surface area contributed by atoms with E-state index in [1.807, 2.05) is 32.0 Å². The zero-order valence-corrected chi connectivity index (χ0v) is 19.5. The first-order valence-corrected chi connectivity index (χ1v) is 11.8. The molecule has 7 heteroatoms. The second-order valence-corrected chi connectivity index (χ2v) is 9.11. The van der Waals surface area contributed by atoms with E-state index in [0.717, 1.165) is 47.0 Å². The van der Waals surface area contributed by atoms with Gasteiger partial charge in [-0.15, -0.1) is 10.2 Å². The minimum Gasteiger partial charge on any atom is -0.490 e. The summed E-state index contributed by atoms with van der Waals surface area (Å²) in [7, 11) is 1.73. The number of hydrogen-bond acceptors (Lipinski definition) is 7. The Morgan fingerprint density at radius 1 is 1.28 bits per heavy atom. The van der Waals surface area contributed by atoms with Gasteiger partial charge in [0.1, 0.15) is 21.8 Å². The molecule has 1 unspecified atom stereocenters. The lowest BCUT2D eigenvalue weighted by atomic mass is 10.0. The highest BCUT2D eigenvalue weighted by atomic mass is 32.1. The van der Waals surface area contributed by atoms with Crippen LogP contribution in [0.3, 0.4) is 0 Å². The van der Waals surface area contributed by atoms with E-state index in [9.17, 15) is 5.26 Å². The Kier molecular flexibility index (Phi) is 7.15. The number of aromatic nitrogens is 2. The molecular weight excluding hydrogens is 420 g/mol. The van der Waals surface area contributed by atoms with Gasteiger partial charge in [-0.1, -0.05) is 29.6 Å². The number of allylic oxidation sites excluding steroid dienone is 4. The largest absolute Gasteiger partial charge is 0.490 e. The normalized spacial score (nSPS) is 17.8. The van der Waals surface area contributed by atoms with Gasteiger partial charge in [0.15, 0.2) is 0 Å². The second-order valence-electron chi connectivity index (χ2n) is 8.13. The van der Waals surface area contributed by atoms with Crippen LogP contribution in [0.15, 0.2) is 47.6 Å². The Labute approximate surface area is 193 Å². The Bertz CT molecular complexity index is 1110. The molecule has 0 amide bonds. The van der Waals surface area contributed by atoms with Crippen molar-refractivity contribution in [2.24, 2.45) is 0 Å². The molecule has 1 saturated carbocycles. The van der Waals surface area contributed by atoms with E-state index in [-0.39, 0.29) is 6.10 Å². The van der Waals surface area contributed by atoms with Crippen LogP contribution in [-0.4, -0.2) is 42.6 Å². The first kappa shape index (κ1) is 22.4. The molecule has 1 aromatic carbocycles. The first-order chi connectivity index (χ1) is 15.6. The van der Waals surface area contributed by atoms with Gasteiger partial charge in [0.25, 0.3) is 0 Å². The molecule has 2 aromatic rings. The maximum Gasteiger partial charge on any atom is 0.148 e. The molecule has 166 valence electrons. The van der Waals surface area contributed by atoms with Gasteiger partial charge in [-0.05, 0) is 62.5 Å². The van der Waals surface area contributed by atoms with Crippen molar-refractivity contribution in [2.45, 2.75) is 45.3 Å². The van der Waals surface area contributed by atoms with Crippen LogP contribution >= 0.6 is 11.3 Å². The van der Waals surface area contributed by atoms with Crippen molar-refractivity contribution < 1.29 is 9.47 Å². The Morgan fingerprint density at radius 2 is 2.12 bits per heavy atom. The number of nitriles is 1. The smallest absolute Gasteiger partial charge is 0.148 e. The molecule has 1 heterocycles. The molecule has 0 radical (unpaired) electrons. The zero-order valence-electron chi connectivity index (χ0n) is 18.7. The number of fused-ring (bicyclic) bond motifs is 1. The summed E-state index contributed by atoms with van der Waals surface area (Å²) in [6.07, 6.45) is 9.72. The van der Waals surface area contributed by atoms with E-state index in [2.05, 4.69) is 39.8 Å². The number of nitrogens with zero attached hydrogens (tertiary/aromatic N) is 3. The highest BCUT2D eigenvalue weighted by Crippen LogP contribution is 2.41. The fourth-order valence-corrected chi connectivity index (χ4v) is 5.03. The van der Waals surface area contributed by atoms with Crippen LogP contribution < -0.4 is 10.1 Å². The summed E-state index contributed by atoms with van der Waals surface area (Å²) in [6, 6.07) is 8.21. The fraction of sp³-hybridized carbons (Fsp3) is 0.400. The van der Waals surface area contributed by atoms with Crippen LogP contribution in [0.4, 0.5) is 0 Å². The molecule has 0 saturated heterocycles. The van der Waals surface area contributed by atoms with Crippen molar-refractivity contribution in [1.82, 2.24) is 15.5 Å². The van der Waals surface area contributed by atoms with Crippen molar-refractivity contribution in [3.8, 4) is 22.4 Å². The monoisotopic (exact) mass is 448 g/mol. The maximum absolute atomic E-state index is 9.55. The number of nitrogens with one attached hydrogen (secondary N) is 1. The number of rotatable bonds is 8. The van der Waals surface area contributed by atoms with Gasteiger partial charge in [-0.25, -0.2) is 0 Å². The predicted molar refractivity (Wildman–Crippen MR) is 127 cm³/mol. The average Bonchev–Trinajstić information content (AvgIpc) is 3.37. The molecular formula is C25H28N4O2S. The molecule has 0 bridgehead atoms. The standard InChI is InChI=1S/C25H28N4O2S/c1-16(2)31-23-11-8-17(14-18(23)15-26)24-28-29-25(32-24)21-7-5-4-6-20-19(21)9-10-22(20)27-12-13-30-3/h5-8,11,14,16,22,27H,4,9-10,12-13H2,1-3H3. The zero-order chi connectivity index (χ0) is 22.5. The quantitative estimate of drug-likeness (QED) is 0.579. The average molecular weight is 449 g/mol. The molecule has 0 aliphatic heterocycles. The second kappa shape index (κ2) is 10.2. The van der Waals surface area contributed by atoms with E-state index < -0.39 is 0 Å². The van der Waals surface area contributed by atoms with Crippen molar-refractivity contribution in [2.75, 3.05) is 20.3 Å². The summed E-state index contributed by atoms with van der Waals surface area (Å²) >= 11 is 1.56. The highest BCUT2D eigenvalue weighted by molar-refractivity contribution is 7.15. The van der Waals surface area contributed by atoms with E-state index in [4.69, 9.17) is 9.47 Å². The van der Waals surface area contributed by atoms with Crippen LogP contribution in [0.1, 0.15) is 43.7 Å². The maximum atomic E-state index is 9.55. The Hall–Kier alpha value is -2.79. The first-order valence-electron chi connectivity index (χ1n) is 11.0. The van der Waals surface area contributed by atoms with E-state index in [1.165, 1.54) is 11.1 Å². The van der Waals surface area contributed by atoms with E-state index in [0.29, 0.717) is 24.0 Å².